The van der Waals surface area contributed by atoms with Crippen molar-refractivity contribution in [2.75, 3.05) is 6.61 Å². The third-order valence-corrected chi connectivity index (χ3v) is 7.25. The summed E-state index contributed by atoms with van der Waals surface area (Å²) in [4.78, 5) is 27.7. The van der Waals surface area contributed by atoms with Crippen molar-refractivity contribution < 1.29 is 14.3 Å². The fourth-order valence-electron chi connectivity index (χ4n) is 3.82. The first-order valence-corrected chi connectivity index (χ1v) is 12.8. The second kappa shape index (κ2) is 12.3. The molecule has 0 aliphatic heterocycles. The van der Waals surface area contributed by atoms with Gasteiger partial charge in [-0.25, -0.2) is 0 Å². The number of carbonyl (C=O) groups excluding carboxylic acids is 2. The molecular formula is C24H26BrCl3N2O3. The number of hydrogen-bond donors (Lipinski definition) is 1. The van der Waals surface area contributed by atoms with E-state index in [0.717, 1.165) is 30.2 Å². The van der Waals surface area contributed by atoms with Gasteiger partial charge >= 0.3 is 0 Å². The maximum Gasteiger partial charge on any atom is 0.261 e. The highest BCUT2D eigenvalue weighted by Crippen LogP contribution is 2.29. The highest BCUT2D eigenvalue weighted by Gasteiger charge is 2.29. The average Bonchev–Trinajstić information content (AvgIpc) is 2.78. The number of ether oxygens (including phenoxy) is 1. The molecule has 9 heteroatoms. The minimum atomic E-state index is -0.740. The lowest BCUT2D eigenvalue weighted by Crippen LogP contribution is -2.51. The Balaban J connectivity index is 1.77. The van der Waals surface area contributed by atoms with E-state index in [4.69, 9.17) is 39.5 Å². The molecule has 0 radical (unpaired) electrons. The van der Waals surface area contributed by atoms with Crippen molar-refractivity contribution in [3.05, 3.63) is 61.5 Å². The summed E-state index contributed by atoms with van der Waals surface area (Å²) in [7, 11) is 0. The van der Waals surface area contributed by atoms with Gasteiger partial charge in [0.05, 0.1) is 5.02 Å². The SMILES string of the molecule is C[C@@H](C(=O)NC1CCCCC1)N(Cc1c(Cl)cccc1Cl)C(=O)COc1ccc(Br)cc1Cl. The lowest BCUT2D eigenvalue weighted by molar-refractivity contribution is -0.142. The Morgan fingerprint density at radius 1 is 1.09 bits per heavy atom. The number of amides is 2. The number of nitrogens with one attached hydrogen (secondary N) is 1. The van der Waals surface area contributed by atoms with Crippen LogP contribution in [0.25, 0.3) is 0 Å². The first kappa shape index (κ1) is 26.1. The van der Waals surface area contributed by atoms with E-state index in [1.165, 1.54) is 11.3 Å². The van der Waals surface area contributed by atoms with E-state index in [-0.39, 0.29) is 31.0 Å². The second-order valence-electron chi connectivity index (χ2n) is 8.10. The van der Waals surface area contributed by atoms with Crippen molar-refractivity contribution in [2.24, 2.45) is 0 Å². The summed E-state index contributed by atoms with van der Waals surface area (Å²) >= 11 is 22.2. The molecule has 0 unspecified atom stereocenters. The molecule has 1 saturated carbocycles. The molecule has 0 aromatic heterocycles. The molecule has 0 heterocycles. The minimum absolute atomic E-state index is 0.0774. The van der Waals surface area contributed by atoms with E-state index in [9.17, 15) is 9.59 Å². The van der Waals surface area contributed by atoms with Gasteiger partial charge in [0.15, 0.2) is 6.61 Å². The molecule has 33 heavy (non-hydrogen) atoms. The third kappa shape index (κ3) is 7.25. The number of rotatable bonds is 8. The molecule has 3 rings (SSSR count). The van der Waals surface area contributed by atoms with Crippen LogP contribution in [0, 0.1) is 0 Å². The van der Waals surface area contributed by atoms with Gasteiger partial charge in [0.1, 0.15) is 11.8 Å². The molecular weight excluding hydrogens is 551 g/mol. The van der Waals surface area contributed by atoms with Gasteiger partial charge in [0.25, 0.3) is 5.91 Å². The summed E-state index contributed by atoms with van der Waals surface area (Å²) in [5.41, 5.74) is 0.577. The Kier molecular flexibility index (Phi) is 9.74. The van der Waals surface area contributed by atoms with Crippen LogP contribution >= 0.6 is 50.7 Å². The number of carbonyl (C=O) groups is 2. The molecule has 2 aromatic rings. The number of benzene rings is 2. The van der Waals surface area contributed by atoms with Crippen LogP contribution in [-0.4, -0.2) is 35.4 Å². The molecule has 1 N–H and O–H groups in total. The van der Waals surface area contributed by atoms with Gasteiger partial charge in [-0.15, -0.1) is 0 Å². The standard InChI is InChI=1S/C24H26BrCl3N2O3/c1-15(24(32)29-17-6-3-2-4-7-17)30(13-18-19(26)8-5-9-20(18)27)23(31)14-33-22-11-10-16(25)12-21(22)28/h5,8-12,15,17H,2-4,6-7,13-14H2,1H3,(H,29,32)/t15-/m0/s1. The van der Waals surface area contributed by atoms with Crippen LogP contribution in [0.3, 0.4) is 0 Å². The number of halogens is 4. The van der Waals surface area contributed by atoms with Gasteiger partial charge in [-0.2, -0.15) is 0 Å². The quantitative estimate of drug-likeness (QED) is 0.383. The maximum absolute atomic E-state index is 13.2. The predicted molar refractivity (Wildman–Crippen MR) is 136 cm³/mol. The molecule has 1 atom stereocenters. The van der Waals surface area contributed by atoms with Crippen LogP contribution in [0.2, 0.25) is 15.1 Å². The van der Waals surface area contributed by atoms with E-state index >= 15 is 0 Å². The molecule has 178 valence electrons. The van der Waals surface area contributed by atoms with Gasteiger partial charge in [0, 0.05) is 32.7 Å². The largest absolute Gasteiger partial charge is 0.482 e. The Morgan fingerprint density at radius 3 is 2.39 bits per heavy atom. The first-order valence-electron chi connectivity index (χ1n) is 10.9. The molecule has 5 nitrogen and oxygen atoms in total. The van der Waals surface area contributed by atoms with Crippen LogP contribution in [-0.2, 0) is 16.1 Å². The zero-order chi connectivity index (χ0) is 24.0. The molecule has 2 aromatic carbocycles. The monoisotopic (exact) mass is 574 g/mol. The average molecular weight is 577 g/mol. The van der Waals surface area contributed by atoms with Crippen molar-refractivity contribution in [2.45, 2.75) is 57.7 Å². The highest BCUT2D eigenvalue weighted by atomic mass is 79.9. The zero-order valence-electron chi connectivity index (χ0n) is 18.3. The Labute approximate surface area is 217 Å². The second-order valence-corrected chi connectivity index (χ2v) is 10.2. The third-order valence-electron chi connectivity index (χ3n) is 5.75. The molecule has 1 aliphatic rings. The van der Waals surface area contributed by atoms with Crippen molar-refractivity contribution in [3.8, 4) is 5.75 Å². The van der Waals surface area contributed by atoms with Crippen LogP contribution in [0.15, 0.2) is 40.9 Å². The number of hydrogen-bond acceptors (Lipinski definition) is 3. The van der Waals surface area contributed by atoms with Crippen molar-refractivity contribution in [3.63, 3.8) is 0 Å². The Morgan fingerprint density at radius 2 is 1.76 bits per heavy atom. The van der Waals surface area contributed by atoms with Crippen molar-refractivity contribution in [1.29, 1.82) is 0 Å². The fraction of sp³-hybridized carbons (Fsp3) is 0.417. The van der Waals surface area contributed by atoms with E-state index in [1.807, 2.05) is 0 Å². The molecule has 1 aliphatic carbocycles. The van der Waals surface area contributed by atoms with E-state index < -0.39 is 6.04 Å². The van der Waals surface area contributed by atoms with E-state index in [1.54, 1.807) is 43.3 Å². The molecule has 0 spiro atoms. The van der Waals surface area contributed by atoms with E-state index in [2.05, 4.69) is 21.2 Å². The van der Waals surface area contributed by atoms with E-state index in [0.29, 0.717) is 26.4 Å². The van der Waals surface area contributed by atoms with Crippen molar-refractivity contribution >= 4 is 62.5 Å². The summed E-state index contributed by atoms with van der Waals surface area (Å²) in [6, 6.07) is 9.66. The highest BCUT2D eigenvalue weighted by molar-refractivity contribution is 9.10. The van der Waals surface area contributed by atoms with Gasteiger partial charge < -0.3 is 15.0 Å². The smallest absolute Gasteiger partial charge is 0.261 e. The summed E-state index contributed by atoms with van der Waals surface area (Å²) in [5.74, 6) is -0.209. The zero-order valence-corrected chi connectivity index (χ0v) is 22.1. The van der Waals surface area contributed by atoms with Crippen molar-refractivity contribution in [1.82, 2.24) is 10.2 Å². The topological polar surface area (TPSA) is 58.6 Å². The summed E-state index contributed by atoms with van der Waals surface area (Å²) in [5, 5.41) is 4.32. The first-order chi connectivity index (χ1) is 15.8. The Hall–Kier alpha value is -1.47. The lowest BCUT2D eigenvalue weighted by atomic mass is 9.95. The number of nitrogens with zero attached hydrogens (tertiary/aromatic N) is 1. The summed E-state index contributed by atoms with van der Waals surface area (Å²) in [6.07, 6.45) is 5.29. The fourth-order valence-corrected chi connectivity index (χ4v) is 5.06. The molecule has 1 fully saturated rings. The van der Waals surface area contributed by atoms with Gasteiger partial charge in [-0.3, -0.25) is 9.59 Å². The molecule has 2 amide bonds. The molecule has 0 saturated heterocycles. The minimum Gasteiger partial charge on any atom is -0.482 e. The normalized spacial score (nSPS) is 15.1. The van der Waals surface area contributed by atoms with Gasteiger partial charge in [-0.05, 0) is 50.1 Å². The van der Waals surface area contributed by atoms with Crippen LogP contribution in [0.1, 0.15) is 44.6 Å². The van der Waals surface area contributed by atoms with Crippen LogP contribution in [0.4, 0.5) is 0 Å². The summed E-state index contributed by atoms with van der Waals surface area (Å²) < 4.78 is 6.47. The molecule has 0 bridgehead atoms. The van der Waals surface area contributed by atoms with Crippen LogP contribution in [0.5, 0.6) is 5.75 Å². The van der Waals surface area contributed by atoms with Crippen LogP contribution < -0.4 is 10.1 Å². The summed E-state index contributed by atoms with van der Waals surface area (Å²) in [6.45, 7) is 1.49. The lowest BCUT2D eigenvalue weighted by Gasteiger charge is -2.31. The maximum atomic E-state index is 13.2. The van der Waals surface area contributed by atoms with Gasteiger partial charge in [-0.1, -0.05) is 76.1 Å². The predicted octanol–water partition coefficient (Wildman–Crippen LogP) is 6.65. The Bertz CT molecular complexity index is 979. The van der Waals surface area contributed by atoms with Gasteiger partial charge in [0.2, 0.25) is 5.91 Å².